The minimum absolute atomic E-state index is 0.405. The molecule has 0 spiro atoms. The minimum Gasteiger partial charge on any atom is -0.282 e. The first kappa shape index (κ1) is 10.8. The maximum atomic E-state index is 4.50. The molecule has 4 nitrogen and oxygen atoms in total. The van der Waals surface area contributed by atoms with Gasteiger partial charge in [-0.2, -0.15) is 5.10 Å². The summed E-state index contributed by atoms with van der Waals surface area (Å²) in [7, 11) is 0. The van der Waals surface area contributed by atoms with Crippen molar-refractivity contribution in [3.63, 3.8) is 0 Å². The van der Waals surface area contributed by atoms with Crippen LogP contribution in [0.5, 0.6) is 0 Å². The van der Waals surface area contributed by atoms with Crippen LogP contribution in [0.25, 0.3) is 0 Å². The molecule has 2 rings (SSSR count). The van der Waals surface area contributed by atoms with E-state index in [1.165, 1.54) is 0 Å². The molecule has 0 aliphatic heterocycles. The van der Waals surface area contributed by atoms with Gasteiger partial charge in [0.05, 0.1) is 0 Å². The van der Waals surface area contributed by atoms with Crippen LogP contribution in [0.1, 0.15) is 37.0 Å². The third-order valence-corrected chi connectivity index (χ3v) is 2.65. The lowest BCUT2D eigenvalue weighted by molar-refractivity contribution is 0.702. The Kier molecular flexibility index (Phi) is 3.29. The van der Waals surface area contributed by atoms with E-state index in [-0.39, 0.29) is 0 Å². The van der Waals surface area contributed by atoms with Crippen molar-refractivity contribution >= 4 is 0 Å². The van der Waals surface area contributed by atoms with Gasteiger partial charge in [-0.15, -0.1) is 0 Å². The number of aryl methyl sites for hydroxylation is 1. The fourth-order valence-corrected chi connectivity index (χ4v) is 1.69. The van der Waals surface area contributed by atoms with Crippen LogP contribution in [0.15, 0.2) is 24.5 Å². The van der Waals surface area contributed by atoms with Crippen LogP contribution >= 0.6 is 0 Å². The molecule has 0 saturated heterocycles. The summed E-state index contributed by atoms with van der Waals surface area (Å²) in [4.78, 5) is 8.69. The molecule has 1 unspecified atom stereocenters. The van der Waals surface area contributed by atoms with Gasteiger partial charge in [-0.05, 0) is 18.6 Å². The summed E-state index contributed by atoms with van der Waals surface area (Å²) in [5, 5.41) is 6.95. The van der Waals surface area contributed by atoms with E-state index in [2.05, 4.69) is 34.0 Å². The molecule has 2 aromatic rings. The molecule has 1 atom stereocenters. The van der Waals surface area contributed by atoms with Crippen molar-refractivity contribution in [1.82, 2.24) is 20.2 Å². The number of aromatic nitrogens is 4. The van der Waals surface area contributed by atoms with E-state index in [1.54, 1.807) is 6.20 Å². The quantitative estimate of drug-likeness (QED) is 0.851. The lowest BCUT2D eigenvalue weighted by atomic mass is 10.0. The molecular weight excluding hydrogens is 200 g/mol. The highest BCUT2D eigenvalue weighted by Crippen LogP contribution is 2.16. The van der Waals surface area contributed by atoms with Crippen molar-refractivity contribution in [1.29, 1.82) is 0 Å². The van der Waals surface area contributed by atoms with Gasteiger partial charge in [-0.25, -0.2) is 9.97 Å². The standard InChI is InChI=1S/C12H16N4/c1-3-12-13-6-4-10(15-12)8-9(2)11-5-7-14-16-11/h4-7,9H,3,8H2,1-2H3,(H,14,16). The first-order valence-electron chi connectivity index (χ1n) is 5.59. The third kappa shape index (κ3) is 2.45. The summed E-state index contributed by atoms with van der Waals surface area (Å²) in [6.45, 7) is 4.23. The largest absolute Gasteiger partial charge is 0.282 e. The maximum Gasteiger partial charge on any atom is 0.128 e. The number of hydrogen-bond acceptors (Lipinski definition) is 3. The second-order valence-corrected chi connectivity index (χ2v) is 3.93. The van der Waals surface area contributed by atoms with Crippen molar-refractivity contribution in [2.75, 3.05) is 0 Å². The average Bonchev–Trinajstić information content (AvgIpc) is 2.83. The second-order valence-electron chi connectivity index (χ2n) is 3.93. The van der Waals surface area contributed by atoms with Gasteiger partial charge < -0.3 is 0 Å². The fourth-order valence-electron chi connectivity index (χ4n) is 1.69. The first-order valence-corrected chi connectivity index (χ1v) is 5.59. The Hall–Kier alpha value is -1.71. The maximum absolute atomic E-state index is 4.50. The van der Waals surface area contributed by atoms with Gasteiger partial charge in [-0.1, -0.05) is 13.8 Å². The van der Waals surface area contributed by atoms with Gasteiger partial charge in [0.1, 0.15) is 5.82 Å². The summed E-state index contributed by atoms with van der Waals surface area (Å²) in [5.74, 6) is 1.32. The number of rotatable bonds is 4. The van der Waals surface area contributed by atoms with E-state index < -0.39 is 0 Å². The highest BCUT2D eigenvalue weighted by atomic mass is 15.1. The Balaban J connectivity index is 2.08. The van der Waals surface area contributed by atoms with Crippen LogP contribution in [-0.4, -0.2) is 20.2 Å². The van der Waals surface area contributed by atoms with E-state index in [4.69, 9.17) is 0 Å². The number of nitrogens with zero attached hydrogens (tertiary/aromatic N) is 3. The number of H-pyrrole nitrogens is 1. The normalized spacial score (nSPS) is 12.6. The van der Waals surface area contributed by atoms with Crippen LogP contribution < -0.4 is 0 Å². The lowest BCUT2D eigenvalue weighted by Gasteiger charge is -2.08. The Morgan fingerprint density at radius 2 is 2.19 bits per heavy atom. The molecule has 0 fully saturated rings. The summed E-state index contributed by atoms with van der Waals surface area (Å²) < 4.78 is 0. The van der Waals surface area contributed by atoms with Gasteiger partial charge in [0.15, 0.2) is 0 Å². The molecule has 1 N–H and O–H groups in total. The van der Waals surface area contributed by atoms with Crippen molar-refractivity contribution < 1.29 is 0 Å². The zero-order valence-corrected chi connectivity index (χ0v) is 9.64. The predicted octanol–water partition coefficient (Wildman–Crippen LogP) is 2.11. The Labute approximate surface area is 95.1 Å². The van der Waals surface area contributed by atoms with Gasteiger partial charge in [0.25, 0.3) is 0 Å². The van der Waals surface area contributed by atoms with E-state index in [0.717, 1.165) is 30.1 Å². The van der Waals surface area contributed by atoms with Gasteiger partial charge in [0.2, 0.25) is 0 Å². The molecule has 0 radical (unpaired) electrons. The first-order chi connectivity index (χ1) is 7.79. The smallest absolute Gasteiger partial charge is 0.128 e. The highest BCUT2D eigenvalue weighted by Gasteiger charge is 2.09. The summed E-state index contributed by atoms with van der Waals surface area (Å²) >= 11 is 0. The number of nitrogens with one attached hydrogen (secondary N) is 1. The SMILES string of the molecule is CCc1nccc(CC(C)c2ccn[nH]2)n1. The van der Waals surface area contributed by atoms with Crippen LogP contribution in [0.2, 0.25) is 0 Å². The van der Waals surface area contributed by atoms with Gasteiger partial charge in [0, 0.05) is 36.1 Å². The molecule has 0 saturated carbocycles. The van der Waals surface area contributed by atoms with Crippen molar-refractivity contribution in [3.05, 3.63) is 41.7 Å². The third-order valence-electron chi connectivity index (χ3n) is 2.65. The van der Waals surface area contributed by atoms with E-state index >= 15 is 0 Å². The minimum atomic E-state index is 0.405. The lowest BCUT2D eigenvalue weighted by Crippen LogP contribution is -2.03. The molecule has 16 heavy (non-hydrogen) atoms. The molecule has 0 aliphatic carbocycles. The Bertz CT molecular complexity index is 436. The van der Waals surface area contributed by atoms with Gasteiger partial charge in [-0.3, -0.25) is 5.10 Å². The van der Waals surface area contributed by atoms with Crippen molar-refractivity contribution in [2.24, 2.45) is 0 Å². The zero-order chi connectivity index (χ0) is 11.4. The molecule has 2 heterocycles. The topological polar surface area (TPSA) is 54.5 Å². The van der Waals surface area contributed by atoms with Gasteiger partial charge >= 0.3 is 0 Å². The molecule has 4 heteroatoms. The zero-order valence-electron chi connectivity index (χ0n) is 9.64. The van der Waals surface area contributed by atoms with Crippen LogP contribution in [0.3, 0.4) is 0 Å². The summed E-state index contributed by atoms with van der Waals surface area (Å²) in [6.07, 6.45) is 5.41. The molecule has 84 valence electrons. The molecule has 0 aromatic carbocycles. The Morgan fingerprint density at radius 1 is 1.31 bits per heavy atom. The van der Waals surface area contributed by atoms with Crippen LogP contribution in [0.4, 0.5) is 0 Å². The summed E-state index contributed by atoms with van der Waals surface area (Å²) in [5.41, 5.74) is 2.24. The van der Waals surface area contributed by atoms with E-state index in [0.29, 0.717) is 5.92 Å². The predicted molar refractivity (Wildman–Crippen MR) is 62.1 cm³/mol. The second kappa shape index (κ2) is 4.88. The van der Waals surface area contributed by atoms with Crippen LogP contribution in [0, 0.1) is 0 Å². The molecule has 0 aliphatic rings. The average molecular weight is 216 g/mol. The Morgan fingerprint density at radius 3 is 2.88 bits per heavy atom. The molecular formula is C12H16N4. The fraction of sp³-hybridized carbons (Fsp3) is 0.417. The van der Waals surface area contributed by atoms with E-state index in [9.17, 15) is 0 Å². The molecule has 0 bridgehead atoms. The van der Waals surface area contributed by atoms with Crippen LogP contribution in [-0.2, 0) is 12.8 Å². The molecule has 2 aromatic heterocycles. The van der Waals surface area contributed by atoms with Crippen molar-refractivity contribution in [2.45, 2.75) is 32.6 Å². The summed E-state index contributed by atoms with van der Waals surface area (Å²) in [6, 6.07) is 3.98. The monoisotopic (exact) mass is 216 g/mol. The number of hydrogen-bond donors (Lipinski definition) is 1. The van der Waals surface area contributed by atoms with E-state index in [1.807, 2.05) is 18.3 Å². The van der Waals surface area contributed by atoms with Crippen molar-refractivity contribution in [3.8, 4) is 0 Å². The highest BCUT2D eigenvalue weighted by molar-refractivity contribution is 5.11. The molecule has 0 amide bonds. The number of aromatic amines is 1.